The number of benzene rings is 3. The van der Waals surface area contributed by atoms with E-state index in [1.165, 1.54) is 16.6 Å². The predicted octanol–water partition coefficient (Wildman–Crippen LogP) is 7.46. The van der Waals surface area contributed by atoms with Crippen LogP contribution in [0.4, 0.5) is 11.5 Å². The summed E-state index contributed by atoms with van der Waals surface area (Å²) in [6, 6.07) is 30.0. The standard InChI is InChI=1S/C33H32N4O.Pt/c1-23-17-24-13-14-28(20-31(24)36(21-23)32-18-25(15-16-34-32)33(2,3)4)38-27-10-8-9-26(19-27)37-22-35(5)29-11-6-7-12-30(29)37;/h6-16,18,23H,17,21H2,1-5H3;/q-2;. The van der Waals surface area contributed by atoms with Crippen LogP contribution in [0.15, 0.2) is 72.9 Å². The van der Waals surface area contributed by atoms with E-state index in [0.717, 1.165) is 39.5 Å². The van der Waals surface area contributed by atoms with Crippen molar-refractivity contribution in [2.24, 2.45) is 13.0 Å². The Hall–Kier alpha value is -3.43. The Morgan fingerprint density at radius 3 is 2.51 bits per heavy atom. The topological polar surface area (TPSA) is 35.2 Å². The zero-order valence-corrected chi connectivity index (χ0v) is 25.2. The predicted molar refractivity (Wildman–Crippen MR) is 152 cm³/mol. The van der Waals surface area contributed by atoms with Crippen LogP contribution in [0.1, 0.15) is 38.8 Å². The first-order valence-electron chi connectivity index (χ1n) is 13.3. The Morgan fingerprint density at radius 2 is 1.72 bits per heavy atom. The molecule has 1 aliphatic heterocycles. The summed E-state index contributed by atoms with van der Waals surface area (Å²) in [5.41, 5.74) is 6.87. The maximum atomic E-state index is 6.37. The molecule has 202 valence electrons. The van der Waals surface area contributed by atoms with Crippen LogP contribution in [-0.4, -0.2) is 20.7 Å². The van der Waals surface area contributed by atoms with Crippen LogP contribution in [0.3, 0.4) is 0 Å². The van der Waals surface area contributed by atoms with E-state index in [1.807, 2.05) is 24.4 Å². The van der Waals surface area contributed by atoms with E-state index in [0.29, 0.717) is 17.4 Å². The van der Waals surface area contributed by atoms with Gasteiger partial charge in [0.25, 0.3) is 0 Å². The molecule has 3 heterocycles. The number of aromatic nitrogens is 3. The van der Waals surface area contributed by atoms with Crippen LogP contribution < -0.4 is 9.64 Å². The molecule has 1 aliphatic rings. The number of fused-ring (bicyclic) bond motifs is 2. The molecule has 0 aliphatic carbocycles. The van der Waals surface area contributed by atoms with Crippen molar-refractivity contribution in [3.05, 3.63) is 100.0 Å². The van der Waals surface area contributed by atoms with Crippen LogP contribution in [0.2, 0.25) is 0 Å². The van der Waals surface area contributed by atoms with E-state index in [2.05, 4.69) is 129 Å². The summed E-state index contributed by atoms with van der Waals surface area (Å²) in [4.78, 5) is 7.05. The molecule has 0 radical (unpaired) electrons. The van der Waals surface area contributed by atoms with E-state index in [1.54, 1.807) is 0 Å². The third-order valence-corrected chi connectivity index (χ3v) is 8.60. The first kappa shape index (κ1) is 25.8. The molecule has 5 aromatic rings. The van der Waals surface area contributed by atoms with Crippen LogP contribution in [0, 0.1) is 21.9 Å². The summed E-state index contributed by atoms with van der Waals surface area (Å²) < 4.78 is 11.9. The number of anilines is 2. The third-order valence-electron chi connectivity index (χ3n) is 7.33. The quantitative estimate of drug-likeness (QED) is 0.183. The van der Waals surface area contributed by atoms with Gasteiger partial charge in [-0.15, -0.1) is 0 Å². The molecule has 0 saturated carbocycles. The van der Waals surface area contributed by atoms with E-state index in [-0.39, 0.29) is 5.41 Å². The van der Waals surface area contributed by atoms with Gasteiger partial charge in [-0.2, -0.15) is 0 Å². The number of hydrogen-bond donors (Lipinski definition) is 0. The van der Waals surface area contributed by atoms with Gasteiger partial charge in [0.2, 0.25) is 0 Å². The van der Waals surface area contributed by atoms with Crippen molar-refractivity contribution in [3.63, 3.8) is 0 Å². The molecule has 3 aromatic carbocycles. The van der Waals surface area contributed by atoms with Crippen molar-refractivity contribution in [2.45, 2.75) is 39.5 Å². The van der Waals surface area contributed by atoms with Gasteiger partial charge in [-0.3, -0.25) is 0 Å². The molecule has 6 heteroatoms. The Kier molecular flexibility index (Phi) is 6.59. The minimum atomic E-state index is 0.0530. The summed E-state index contributed by atoms with van der Waals surface area (Å²) in [7, 11) is 2.09. The molecule has 39 heavy (non-hydrogen) atoms. The first-order chi connectivity index (χ1) is 18.7. The summed E-state index contributed by atoms with van der Waals surface area (Å²) in [6.45, 7) is 9.89. The fourth-order valence-electron chi connectivity index (χ4n) is 5.28. The molecule has 5 nitrogen and oxygen atoms in total. The second-order valence-electron chi connectivity index (χ2n) is 11.4. The molecule has 0 N–H and O–H groups in total. The maximum absolute atomic E-state index is 6.37. The normalized spacial score (nSPS) is 15.5. The number of aryl methyl sites for hydroxylation is 1. The monoisotopic (exact) mass is 695 g/mol. The number of ether oxygens (including phenoxy) is 1. The van der Waals surface area contributed by atoms with Gasteiger partial charge < -0.3 is 0 Å². The molecule has 1 unspecified atom stereocenters. The Bertz CT molecular complexity index is 1740. The average Bonchev–Trinajstić information content (AvgIpc) is 3.18. The van der Waals surface area contributed by atoms with E-state index < -0.39 is 0 Å². The Labute approximate surface area is 241 Å². The van der Waals surface area contributed by atoms with Gasteiger partial charge in [0.05, 0.1) is 0 Å². The second-order valence-corrected chi connectivity index (χ2v) is 12.4. The van der Waals surface area contributed by atoms with Gasteiger partial charge in [0.15, 0.2) is 0 Å². The molecular weight excluding hydrogens is 663 g/mol. The molecule has 0 spiro atoms. The van der Waals surface area contributed by atoms with Gasteiger partial charge >= 0.3 is 191 Å². The summed E-state index contributed by atoms with van der Waals surface area (Å²) in [5, 5.41) is 0. The third kappa shape index (κ3) is 4.89. The average molecular weight is 696 g/mol. The fraction of sp³-hybridized carbons (Fsp3) is 0.273. The number of imidazole rings is 1. The van der Waals surface area contributed by atoms with Crippen molar-refractivity contribution >= 4 is 22.5 Å². The number of pyridine rings is 1. The molecule has 1 atom stereocenters. The Morgan fingerprint density at radius 1 is 0.949 bits per heavy atom. The number of hydrogen-bond acceptors (Lipinski definition) is 3. The van der Waals surface area contributed by atoms with E-state index in [4.69, 9.17) is 9.72 Å². The van der Waals surface area contributed by atoms with Crippen molar-refractivity contribution in [3.8, 4) is 17.2 Å². The molecular formula is C33H32N4OPt-2. The van der Waals surface area contributed by atoms with Gasteiger partial charge in [-0.25, -0.2) is 0 Å². The van der Waals surface area contributed by atoms with Crippen molar-refractivity contribution in [1.82, 2.24) is 14.1 Å². The van der Waals surface area contributed by atoms with Gasteiger partial charge in [-0.1, -0.05) is 27.7 Å². The summed E-state index contributed by atoms with van der Waals surface area (Å²) >= 11 is 2.36. The van der Waals surface area contributed by atoms with Crippen molar-refractivity contribution < 1.29 is 24.1 Å². The molecule has 0 fully saturated rings. The SMILES string of the molecule is CC1Cc2ccc(Oc3[c-]c(-n4[c](=[Pt])n(C)c5ccccc54)ccc3)[c-]c2N(c2cc(C(C)(C)C)ccn2)C1. The molecule has 0 bridgehead atoms. The number of rotatable bonds is 4. The van der Waals surface area contributed by atoms with E-state index >= 15 is 0 Å². The van der Waals surface area contributed by atoms with Gasteiger partial charge in [0.1, 0.15) is 0 Å². The number of para-hydroxylation sites is 2. The van der Waals surface area contributed by atoms with E-state index in [9.17, 15) is 0 Å². The van der Waals surface area contributed by atoms with Crippen molar-refractivity contribution in [1.29, 1.82) is 0 Å². The van der Waals surface area contributed by atoms with Crippen LogP contribution >= 0.6 is 0 Å². The zero-order valence-electron chi connectivity index (χ0n) is 22.9. The summed E-state index contributed by atoms with van der Waals surface area (Å²) in [5.74, 6) is 2.80. The zero-order chi connectivity index (χ0) is 27.3. The van der Waals surface area contributed by atoms with Crippen LogP contribution in [-0.2, 0) is 38.2 Å². The van der Waals surface area contributed by atoms with Crippen LogP contribution in [0.25, 0.3) is 16.7 Å². The van der Waals surface area contributed by atoms with Crippen molar-refractivity contribution in [2.75, 3.05) is 11.4 Å². The minimum absolute atomic E-state index is 0.0530. The second kappa shape index (κ2) is 9.95. The fourth-order valence-corrected chi connectivity index (χ4v) is 6.10. The molecule has 2 aromatic heterocycles. The molecule has 0 saturated heterocycles. The summed E-state index contributed by atoms with van der Waals surface area (Å²) in [6.07, 6.45) is 2.93. The molecule has 0 amide bonds. The molecule has 6 rings (SSSR count). The number of nitrogens with zero attached hydrogens (tertiary/aromatic N) is 4. The van der Waals surface area contributed by atoms with Gasteiger partial charge in [0, 0.05) is 6.20 Å². The Balaban J connectivity index is 1.35. The van der Waals surface area contributed by atoms with Gasteiger partial charge in [-0.05, 0) is 17.0 Å². The first-order valence-corrected chi connectivity index (χ1v) is 14.4. The van der Waals surface area contributed by atoms with Crippen LogP contribution in [0.5, 0.6) is 11.5 Å².